The van der Waals surface area contributed by atoms with E-state index in [4.69, 9.17) is 5.11 Å². The lowest BCUT2D eigenvalue weighted by Gasteiger charge is -2.19. The Kier molecular flexibility index (Phi) is 4.31. The molecule has 4 nitrogen and oxygen atoms in total. The Balaban J connectivity index is 1.60. The van der Waals surface area contributed by atoms with Gasteiger partial charge < -0.3 is 10.4 Å². The third-order valence-electron chi connectivity index (χ3n) is 4.60. The van der Waals surface area contributed by atoms with Crippen molar-refractivity contribution in [2.24, 2.45) is 5.92 Å². The van der Waals surface area contributed by atoms with Crippen LogP contribution in [0.5, 0.6) is 0 Å². The highest BCUT2D eigenvalue weighted by Crippen LogP contribution is 2.47. The molecule has 2 atom stereocenters. The molecule has 24 heavy (non-hydrogen) atoms. The predicted molar refractivity (Wildman–Crippen MR) is 95.2 cm³/mol. The van der Waals surface area contributed by atoms with Crippen LogP contribution in [-0.2, 0) is 16.8 Å². The lowest BCUT2D eigenvalue weighted by Crippen LogP contribution is -2.12. The molecule has 1 aromatic carbocycles. The minimum absolute atomic E-state index is 0.0929. The van der Waals surface area contributed by atoms with Crippen molar-refractivity contribution < 1.29 is 9.90 Å². The topological polar surface area (TPSA) is 62.2 Å². The molecule has 1 aliphatic rings. The second kappa shape index (κ2) is 6.27. The molecule has 1 aromatic heterocycles. The molecule has 0 bridgehead atoms. The molecule has 2 N–H and O–H groups in total. The normalized spacial score (nSPS) is 19.8. The van der Waals surface area contributed by atoms with Crippen molar-refractivity contribution in [3.63, 3.8) is 0 Å². The highest BCUT2D eigenvalue weighted by molar-refractivity contribution is 5.75. The molecule has 0 unspecified atom stereocenters. The molecule has 4 heteroatoms. The fraction of sp³-hybridized carbons (Fsp3) is 0.400. The number of rotatable bonds is 5. The zero-order valence-corrected chi connectivity index (χ0v) is 14.4. The molecule has 2 aromatic rings. The summed E-state index contributed by atoms with van der Waals surface area (Å²) in [6.45, 7) is 7.27. The first-order valence-corrected chi connectivity index (χ1v) is 8.35. The first kappa shape index (κ1) is 16.5. The van der Waals surface area contributed by atoms with Crippen molar-refractivity contribution in [3.05, 3.63) is 59.4 Å². The Hall–Kier alpha value is -2.36. The summed E-state index contributed by atoms with van der Waals surface area (Å²) < 4.78 is 0. The van der Waals surface area contributed by atoms with Crippen LogP contribution >= 0.6 is 0 Å². The van der Waals surface area contributed by atoms with Crippen molar-refractivity contribution in [1.82, 2.24) is 4.98 Å². The van der Waals surface area contributed by atoms with Gasteiger partial charge in [-0.1, -0.05) is 39.0 Å². The van der Waals surface area contributed by atoms with Gasteiger partial charge in [0.25, 0.3) is 0 Å². The van der Waals surface area contributed by atoms with Gasteiger partial charge in [-0.05, 0) is 46.6 Å². The monoisotopic (exact) mass is 324 g/mol. The number of benzene rings is 1. The van der Waals surface area contributed by atoms with Crippen molar-refractivity contribution in [3.8, 4) is 0 Å². The zero-order valence-electron chi connectivity index (χ0n) is 14.4. The largest absolute Gasteiger partial charge is 0.481 e. The third kappa shape index (κ3) is 3.75. The van der Waals surface area contributed by atoms with Crippen LogP contribution in [0.15, 0.2) is 42.7 Å². The first-order chi connectivity index (χ1) is 11.3. The Morgan fingerprint density at radius 1 is 1.25 bits per heavy atom. The highest BCUT2D eigenvalue weighted by atomic mass is 16.4. The van der Waals surface area contributed by atoms with Gasteiger partial charge >= 0.3 is 5.97 Å². The Bertz CT molecular complexity index is 732. The minimum Gasteiger partial charge on any atom is -0.481 e. The summed E-state index contributed by atoms with van der Waals surface area (Å²) in [6.07, 6.45) is 4.57. The van der Waals surface area contributed by atoms with E-state index in [1.807, 2.05) is 36.7 Å². The molecule has 0 saturated heterocycles. The van der Waals surface area contributed by atoms with Gasteiger partial charge in [0.05, 0.1) is 5.92 Å². The molecule has 3 rings (SSSR count). The van der Waals surface area contributed by atoms with Crippen LogP contribution in [0.4, 0.5) is 5.69 Å². The number of aromatic nitrogens is 1. The van der Waals surface area contributed by atoms with Crippen LogP contribution in [0.3, 0.4) is 0 Å². The van der Waals surface area contributed by atoms with Gasteiger partial charge in [0.1, 0.15) is 0 Å². The summed E-state index contributed by atoms with van der Waals surface area (Å²) in [7, 11) is 0. The van der Waals surface area contributed by atoms with Gasteiger partial charge in [-0.15, -0.1) is 0 Å². The quantitative estimate of drug-likeness (QED) is 0.866. The van der Waals surface area contributed by atoms with Crippen LogP contribution in [-0.4, -0.2) is 16.1 Å². The van der Waals surface area contributed by atoms with Gasteiger partial charge in [0.2, 0.25) is 0 Å². The molecule has 126 valence electrons. The maximum atomic E-state index is 11.0. The lowest BCUT2D eigenvalue weighted by atomic mass is 9.88. The molecule has 1 aliphatic carbocycles. The number of hydrogen-bond donors (Lipinski definition) is 2. The van der Waals surface area contributed by atoms with Gasteiger partial charge in [0.15, 0.2) is 0 Å². The predicted octanol–water partition coefficient (Wildman–Crippen LogP) is 4.18. The molecule has 0 radical (unpaired) electrons. The number of anilines is 1. The van der Waals surface area contributed by atoms with E-state index in [1.54, 1.807) is 0 Å². The second-order valence-electron chi connectivity index (χ2n) is 7.59. The Labute approximate surface area is 142 Å². The van der Waals surface area contributed by atoms with Gasteiger partial charge in [-0.3, -0.25) is 9.78 Å². The van der Waals surface area contributed by atoms with Crippen molar-refractivity contribution >= 4 is 11.7 Å². The fourth-order valence-corrected chi connectivity index (χ4v) is 2.88. The molecular weight excluding hydrogens is 300 g/mol. The maximum Gasteiger partial charge on any atom is 0.307 e. The number of nitrogens with zero attached hydrogens (tertiary/aromatic N) is 1. The number of carboxylic acids is 1. The Morgan fingerprint density at radius 2 is 1.96 bits per heavy atom. The second-order valence-corrected chi connectivity index (χ2v) is 7.59. The summed E-state index contributed by atoms with van der Waals surface area (Å²) >= 11 is 0. The molecule has 0 aliphatic heterocycles. The van der Waals surface area contributed by atoms with Gasteiger partial charge in [-0.2, -0.15) is 0 Å². The molecule has 0 amide bonds. The van der Waals surface area contributed by atoms with Crippen LogP contribution in [0, 0.1) is 5.92 Å². The van der Waals surface area contributed by atoms with E-state index in [0.29, 0.717) is 0 Å². The zero-order chi connectivity index (χ0) is 17.3. The average Bonchev–Trinajstić information content (AvgIpc) is 3.34. The SMILES string of the molecule is CC(C)(C)c1cncc(CNc2ccc([C@@H]3C[C@H]3C(=O)O)cc2)c1. The summed E-state index contributed by atoms with van der Waals surface area (Å²) in [5.41, 5.74) is 4.62. The highest BCUT2D eigenvalue weighted by Gasteiger charge is 2.43. The maximum absolute atomic E-state index is 11.0. The van der Waals surface area contributed by atoms with E-state index >= 15 is 0 Å². The van der Waals surface area contributed by atoms with E-state index in [2.05, 4.69) is 37.1 Å². The number of carboxylic acid groups (broad SMARTS) is 1. The van der Waals surface area contributed by atoms with Crippen LogP contribution < -0.4 is 5.32 Å². The van der Waals surface area contributed by atoms with E-state index < -0.39 is 5.97 Å². The summed E-state index contributed by atoms with van der Waals surface area (Å²) in [6, 6.07) is 10.3. The lowest BCUT2D eigenvalue weighted by molar-refractivity contribution is -0.138. The smallest absolute Gasteiger partial charge is 0.307 e. The molecular formula is C20H24N2O2. The number of nitrogens with one attached hydrogen (secondary N) is 1. The molecule has 1 fully saturated rings. The standard InChI is InChI=1S/C20H24N2O2/c1-20(2,3)15-8-13(10-21-12-15)11-22-16-6-4-14(5-7-16)17-9-18(17)19(23)24/h4-8,10,12,17-18,22H,9,11H2,1-3H3,(H,23,24)/t17-,18+/m0/s1. The summed E-state index contributed by atoms with van der Waals surface area (Å²) in [5.74, 6) is -0.701. The van der Waals surface area contributed by atoms with E-state index in [9.17, 15) is 4.79 Å². The van der Waals surface area contributed by atoms with Crippen molar-refractivity contribution in [2.75, 3.05) is 5.32 Å². The fourth-order valence-electron chi connectivity index (χ4n) is 2.88. The molecule has 1 saturated carbocycles. The third-order valence-corrected chi connectivity index (χ3v) is 4.60. The summed E-state index contributed by atoms with van der Waals surface area (Å²) in [4.78, 5) is 15.3. The molecule has 1 heterocycles. The minimum atomic E-state index is -0.687. The Morgan fingerprint density at radius 3 is 2.54 bits per heavy atom. The van der Waals surface area contributed by atoms with Crippen LogP contribution in [0.1, 0.15) is 49.8 Å². The van der Waals surface area contributed by atoms with E-state index in [0.717, 1.165) is 29.8 Å². The van der Waals surface area contributed by atoms with Crippen molar-refractivity contribution in [1.29, 1.82) is 0 Å². The van der Waals surface area contributed by atoms with Gasteiger partial charge in [-0.25, -0.2) is 0 Å². The first-order valence-electron chi connectivity index (χ1n) is 8.35. The summed E-state index contributed by atoms with van der Waals surface area (Å²) in [5, 5.41) is 12.4. The van der Waals surface area contributed by atoms with E-state index in [-0.39, 0.29) is 17.3 Å². The number of hydrogen-bond acceptors (Lipinski definition) is 3. The number of pyridine rings is 1. The number of carbonyl (C=O) groups is 1. The van der Waals surface area contributed by atoms with Crippen LogP contribution in [0.2, 0.25) is 0 Å². The van der Waals surface area contributed by atoms with E-state index in [1.165, 1.54) is 5.56 Å². The average molecular weight is 324 g/mol. The molecule has 0 spiro atoms. The van der Waals surface area contributed by atoms with Crippen LogP contribution in [0.25, 0.3) is 0 Å². The number of aliphatic carboxylic acids is 1. The van der Waals surface area contributed by atoms with Gasteiger partial charge in [0, 0.05) is 24.6 Å². The van der Waals surface area contributed by atoms with Crippen molar-refractivity contribution in [2.45, 2.75) is 45.1 Å².